The second-order valence-corrected chi connectivity index (χ2v) is 11.3. The number of benzene rings is 2. The van der Waals surface area contributed by atoms with Crippen molar-refractivity contribution in [3.8, 4) is 0 Å². The van der Waals surface area contributed by atoms with E-state index in [-0.39, 0.29) is 4.90 Å². The summed E-state index contributed by atoms with van der Waals surface area (Å²) in [6.07, 6.45) is 0. The second kappa shape index (κ2) is 9.74. The monoisotopic (exact) mass is 492 g/mol. The molecule has 32 heavy (non-hydrogen) atoms. The first-order chi connectivity index (χ1) is 15.3. The molecule has 2 heterocycles. The van der Waals surface area contributed by atoms with Gasteiger partial charge in [-0.1, -0.05) is 40.6 Å². The molecular weight excluding hydrogens is 468 g/mol. The molecule has 1 aliphatic heterocycles. The second-order valence-electron chi connectivity index (χ2n) is 7.86. The normalized spacial score (nSPS) is 15.2. The number of aromatic nitrogens is 1. The van der Waals surface area contributed by atoms with Crippen LogP contribution in [0, 0.1) is 6.92 Å². The number of halogens is 1. The molecular formula is C22H25ClN4O3S2. The summed E-state index contributed by atoms with van der Waals surface area (Å²) in [4.78, 5) is 21.6. The minimum Gasteiger partial charge on any atom is -0.354 e. The number of fused-ring (bicyclic) bond motifs is 1. The fraction of sp³-hybridized carbons (Fsp3) is 0.364. The van der Waals surface area contributed by atoms with Gasteiger partial charge in [-0.15, -0.1) is 0 Å². The Balaban J connectivity index is 1.21. The zero-order valence-corrected chi connectivity index (χ0v) is 20.1. The number of aryl methyl sites for hydroxylation is 1. The van der Waals surface area contributed by atoms with Gasteiger partial charge in [-0.2, -0.15) is 0 Å². The number of piperazine rings is 1. The van der Waals surface area contributed by atoms with E-state index in [2.05, 4.69) is 15.1 Å². The molecule has 1 amide bonds. The van der Waals surface area contributed by atoms with E-state index in [9.17, 15) is 13.2 Å². The first-order valence-corrected chi connectivity index (χ1v) is 13.2. The lowest BCUT2D eigenvalue weighted by Gasteiger charge is -2.34. The van der Waals surface area contributed by atoms with E-state index in [1.54, 1.807) is 23.5 Å². The van der Waals surface area contributed by atoms with Crippen molar-refractivity contribution < 1.29 is 13.2 Å². The summed E-state index contributed by atoms with van der Waals surface area (Å²) in [5, 5.41) is 4.45. The summed E-state index contributed by atoms with van der Waals surface area (Å²) in [5.41, 5.74) is 1.93. The number of hydrogen-bond donors (Lipinski definition) is 1. The van der Waals surface area contributed by atoms with Crippen molar-refractivity contribution in [3.63, 3.8) is 0 Å². The molecule has 4 rings (SSSR count). The lowest BCUT2D eigenvalue weighted by Crippen LogP contribution is -2.48. The van der Waals surface area contributed by atoms with Gasteiger partial charge in [-0.25, -0.2) is 13.4 Å². The molecule has 1 saturated heterocycles. The molecule has 0 radical (unpaired) electrons. The lowest BCUT2D eigenvalue weighted by molar-refractivity contribution is -0.118. The van der Waals surface area contributed by atoms with E-state index in [0.29, 0.717) is 18.1 Å². The minimum atomic E-state index is -3.63. The van der Waals surface area contributed by atoms with Crippen LogP contribution in [0.2, 0.25) is 5.02 Å². The highest BCUT2D eigenvalue weighted by Gasteiger charge is 2.21. The molecule has 1 fully saturated rings. The van der Waals surface area contributed by atoms with Crippen LogP contribution in [-0.2, 0) is 14.6 Å². The topological polar surface area (TPSA) is 82.6 Å². The Labute approximate surface area is 196 Å². The Morgan fingerprint density at radius 1 is 1.12 bits per heavy atom. The molecule has 0 saturated carbocycles. The van der Waals surface area contributed by atoms with Gasteiger partial charge in [0.25, 0.3) is 0 Å². The number of rotatable bonds is 7. The standard InChI is InChI=1S/C22H25ClN4O3S2/c1-16-2-5-18(6-3-16)32(29,30)15-21(28)24-8-9-26-10-12-27(13-11-26)22-25-19-7-4-17(23)14-20(19)31-22/h2-7,14H,8-13,15H2,1H3,(H,24,28). The number of thiazole rings is 1. The third-order valence-electron chi connectivity index (χ3n) is 5.43. The summed E-state index contributed by atoms with van der Waals surface area (Å²) in [5.74, 6) is -1.01. The molecule has 1 aromatic heterocycles. The number of hydrogen-bond acceptors (Lipinski definition) is 7. The summed E-state index contributed by atoms with van der Waals surface area (Å²) < 4.78 is 25.8. The van der Waals surface area contributed by atoms with Crippen LogP contribution in [-0.4, -0.2) is 69.2 Å². The maximum atomic E-state index is 12.4. The van der Waals surface area contributed by atoms with Gasteiger partial charge in [0.2, 0.25) is 5.91 Å². The lowest BCUT2D eigenvalue weighted by atomic mass is 10.2. The van der Waals surface area contributed by atoms with E-state index in [0.717, 1.165) is 47.1 Å². The number of amides is 1. The molecule has 3 aromatic rings. The Morgan fingerprint density at radius 2 is 1.84 bits per heavy atom. The Hall–Kier alpha value is -2.20. The third-order valence-corrected chi connectivity index (χ3v) is 8.38. The molecule has 0 unspecified atom stereocenters. The number of sulfone groups is 1. The number of carbonyl (C=O) groups is 1. The van der Waals surface area contributed by atoms with Gasteiger partial charge >= 0.3 is 0 Å². The first kappa shape index (κ1) is 23.0. The maximum Gasteiger partial charge on any atom is 0.235 e. The van der Waals surface area contributed by atoms with Crippen LogP contribution in [0.1, 0.15) is 5.56 Å². The van der Waals surface area contributed by atoms with Crippen LogP contribution in [0.25, 0.3) is 10.2 Å². The Kier molecular flexibility index (Phi) is 6.99. The maximum absolute atomic E-state index is 12.4. The largest absolute Gasteiger partial charge is 0.354 e. The van der Waals surface area contributed by atoms with E-state index in [1.807, 2.05) is 25.1 Å². The molecule has 0 atom stereocenters. The van der Waals surface area contributed by atoms with Crippen LogP contribution < -0.4 is 10.2 Å². The molecule has 170 valence electrons. The fourth-order valence-corrected chi connectivity index (χ4v) is 6.05. The first-order valence-electron chi connectivity index (χ1n) is 10.4. The van der Waals surface area contributed by atoms with Crippen LogP contribution in [0.15, 0.2) is 47.4 Å². The molecule has 1 N–H and O–H groups in total. The summed E-state index contributed by atoms with van der Waals surface area (Å²) >= 11 is 7.71. The fourth-order valence-electron chi connectivity index (χ4n) is 3.59. The SMILES string of the molecule is Cc1ccc(S(=O)(=O)CC(=O)NCCN2CCN(c3nc4ccc(Cl)cc4s3)CC2)cc1. The molecule has 0 spiro atoms. The number of nitrogens with one attached hydrogen (secondary N) is 1. The van der Waals surface area contributed by atoms with Gasteiger partial charge in [0.15, 0.2) is 15.0 Å². The molecule has 0 aliphatic carbocycles. The Morgan fingerprint density at radius 3 is 2.56 bits per heavy atom. The summed E-state index contributed by atoms with van der Waals surface area (Å²) in [7, 11) is -3.63. The number of carbonyl (C=O) groups excluding carboxylic acids is 1. The highest BCUT2D eigenvalue weighted by Crippen LogP contribution is 2.31. The van der Waals surface area contributed by atoms with Crippen molar-refractivity contribution in [2.24, 2.45) is 0 Å². The van der Waals surface area contributed by atoms with Crippen LogP contribution >= 0.6 is 22.9 Å². The number of anilines is 1. The van der Waals surface area contributed by atoms with Crippen LogP contribution in [0.3, 0.4) is 0 Å². The van der Waals surface area contributed by atoms with Crippen molar-refractivity contribution in [1.82, 2.24) is 15.2 Å². The smallest absolute Gasteiger partial charge is 0.235 e. The Bertz CT molecular complexity index is 1200. The van der Waals surface area contributed by atoms with Crippen molar-refractivity contribution in [2.75, 3.05) is 49.9 Å². The quantitative estimate of drug-likeness (QED) is 0.546. The molecule has 0 bridgehead atoms. The van der Waals surface area contributed by atoms with Gasteiger partial charge in [0.1, 0.15) is 5.75 Å². The van der Waals surface area contributed by atoms with Crippen LogP contribution in [0.4, 0.5) is 5.13 Å². The van der Waals surface area contributed by atoms with Crippen molar-refractivity contribution in [2.45, 2.75) is 11.8 Å². The molecule has 10 heteroatoms. The van der Waals surface area contributed by atoms with E-state index in [4.69, 9.17) is 16.6 Å². The zero-order chi connectivity index (χ0) is 22.7. The number of nitrogens with zero attached hydrogens (tertiary/aromatic N) is 3. The van der Waals surface area contributed by atoms with Gasteiger partial charge < -0.3 is 10.2 Å². The van der Waals surface area contributed by atoms with Gasteiger partial charge in [0, 0.05) is 44.3 Å². The molecule has 1 aliphatic rings. The zero-order valence-electron chi connectivity index (χ0n) is 17.8. The van der Waals surface area contributed by atoms with E-state index < -0.39 is 21.5 Å². The summed E-state index contributed by atoms with van der Waals surface area (Å²) in [6, 6.07) is 12.3. The average molecular weight is 493 g/mol. The molecule has 7 nitrogen and oxygen atoms in total. The van der Waals surface area contributed by atoms with Gasteiger partial charge in [-0.05, 0) is 37.3 Å². The van der Waals surface area contributed by atoms with Crippen molar-refractivity contribution >= 4 is 54.0 Å². The third kappa shape index (κ3) is 5.58. The van der Waals surface area contributed by atoms with Gasteiger partial charge in [0.05, 0.1) is 15.1 Å². The van der Waals surface area contributed by atoms with Gasteiger partial charge in [-0.3, -0.25) is 9.69 Å². The van der Waals surface area contributed by atoms with Crippen molar-refractivity contribution in [3.05, 3.63) is 53.1 Å². The average Bonchev–Trinajstić information content (AvgIpc) is 3.17. The van der Waals surface area contributed by atoms with E-state index in [1.165, 1.54) is 12.1 Å². The highest BCUT2D eigenvalue weighted by molar-refractivity contribution is 7.92. The van der Waals surface area contributed by atoms with Crippen molar-refractivity contribution in [1.29, 1.82) is 0 Å². The summed E-state index contributed by atoms with van der Waals surface area (Å²) in [6.45, 7) is 6.40. The predicted molar refractivity (Wildman–Crippen MR) is 130 cm³/mol. The minimum absolute atomic E-state index is 0.173. The highest BCUT2D eigenvalue weighted by atomic mass is 35.5. The van der Waals surface area contributed by atoms with E-state index >= 15 is 0 Å². The molecule has 2 aromatic carbocycles. The van der Waals surface area contributed by atoms with Crippen LogP contribution in [0.5, 0.6) is 0 Å². The predicted octanol–water partition coefficient (Wildman–Crippen LogP) is 2.97.